The molecule has 3 aromatic carbocycles. The second-order valence-electron chi connectivity index (χ2n) is 8.83. The van der Waals surface area contributed by atoms with Crippen molar-refractivity contribution in [3.63, 3.8) is 0 Å². The predicted octanol–water partition coefficient (Wildman–Crippen LogP) is 6.19. The normalized spacial score (nSPS) is 10.9. The van der Waals surface area contributed by atoms with Crippen molar-refractivity contribution in [2.75, 3.05) is 19.8 Å². The molecule has 0 aliphatic carbocycles. The number of hydrogen-bond acceptors (Lipinski definition) is 4. The maximum absolute atomic E-state index is 14.8. The van der Waals surface area contributed by atoms with E-state index in [0.29, 0.717) is 53.0 Å². The smallest absolute Gasteiger partial charge is 0.171 e. The van der Waals surface area contributed by atoms with Gasteiger partial charge in [-0.25, -0.2) is 0 Å². The van der Waals surface area contributed by atoms with Gasteiger partial charge in [-0.2, -0.15) is 0 Å². The topological polar surface area (TPSA) is 44.8 Å². The van der Waals surface area contributed by atoms with E-state index in [1.165, 1.54) is 0 Å². The molecule has 0 saturated carbocycles. The first kappa shape index (κ1) is 26.1. The van der Waals surface area contributed by atoms with E-state index in [2.05, 4.69) is 19.7 Å². The Kier molecular flexibility index (Phi) is 8.78. The van der Waals surface area contributed by atoms with E-state index in [-0.39, 0.29) is 0 Å². The molecule has 5 heteroatoms. The molecule has 0 N–H and O–H groups in total. The Balaban J connectivity index is 1.98. The van der Waals surface area contributed by atoms with Crippen molar-refractivity contribution in [2.45, 2.75) is 20.8 Å². The lowest BCUT2D eigenvalue weighted by atomic mass is 10.3. The predicted molar refractivity (Wildman–Crippen MR) is 147 cm³/mol. The Hall–Kier alpha value is -3.49. The molecule has 0 fully saturated rings. The van der Waals surface area contributed by atoms with E-state index in [9.17, 15) is 4.57 Å². The highest BCUT2D eigenvalue weighted by molar-refractivity contribution is 7.85. The third-order valence-corrected chi connectivity index (χ3v) is 8.13. The maximum atomic E-state index is 14.8. The van der Waals surface area contributed by atoms with E-state index in [0.717, 1.165) is 16.7 Å². The largest absolute Gasteiger partial charge is 0.489 e. The standard InChI is InChI=1S/C30H33O4P/c1-22(2)19-32-25-7-13-28(14-8-25)35(31,29-15-9-26(10-16-29)33-20-23(3)4)30-17-11-27(12-18-30)34-21-24(5)6/h7-18H,1,3,5,19-21H2,2,4,6H3. The van der Waals surface area contributed by atoms with Crippen LogP contribution in [-0.4, -0.2) is 19.8 Å². The van der Waals surface area contributed by atoms with E-state index in [1.807, 2.05) is 93.6 Å². The molecular formula is C30H33O4P. The first-order valence-corrected chi connectivity index (χ1v) is 13.1. The summed E-state index contributed by atoms with van der Waals surface area (Å²) in [5.74, 6) is 2.11. The summed E-state index contributed by atoms with van der Waals surface area (Å²) in [6, 6.07) is 22.3. The highest BCUT2D eigenvalue weighted by atomic mass is 31.2. The van der Waals surface area contributed by atoms with Gasteiger partial charge < -0.3 is 18.8 Å². The van der Waals surface area contributed by atoms with Crippen LogP contribution in [0.1, 0.15) is 20.8 Å². The second kappa shape index (κ2) is 11.8. The van der Waals surface area contributed by atoms with Gasteiger partial charge in [-0.15, -0.1) is 0 Å². The van der Waals surface area contributed by atoms with Gasteiger partial charge in [0.1, 0.15) is 37.1 Å². The lowest BCUT2D eigenvalue weighted by Gasteiger charge is -2.21. The average Bonchev–Trinajstić information content (AvgIpc) is 2.85. The van der Waals surface area contributed by atoms with Crippen molar-refractivity contribution >= 4 is 23.1 Å². The van der Waals surface area contributed by atoms with Crippen LogP contribution in [0.5, 0.6) is 17.2 Å². The summed E-state index contributed by atoms with van der Waals surface area (Å²) in [7, 11) is -3.17. The van der Waals surface area contributed by atoms with Crippen molar-refractivity contribution in [3.8, 4) is 17.2 Å². The third-order valence-electron chi connectivity index (χ3n) is 5.06. The molecule has 0 saturated heterocycles. The molecule has 3 aromatic rings. The van der Waals surface area contributed by atoms with Gasteiger partial charge in [0, 0.05) is 15.9 Å². The van der Waals surface area contributed by atoms with Crippen molar-refractivity contribution in [2.24, 2.45) is 0 Å². The molecule has 0 aliphatic rings. The van der Waals surface area contributed by atoms with Gasteiger partial charge in [0.25, 0.3) is 0 Å². The van der Waals surface area contributed by atoms with Gasteiger partial charge in [-0.05, 0) is 110 Å². The van der Waals surface area contributed by atoms with Gasteiger partial charge in [0.2, 0.25) is 0 Å². The van der Waals surface area contributed by atoms with Gasteiger partial charge in [0.15, 0.2) is 7.14 Å². The first-order chi connectivity index (χ1) is 16.7. The first-order valence-electron chi connectivity index (χ1n) is 11.4. The highest BCUT2D eigenvalue weighted by Crippen LogP contribution is 2.43. The zero-order valence-electron chi connectivity index (χ0n) is 20.8. The van der Waals surface area contributed by atoms with Crippen LogP contribution >= 0.6 is 7.14 Å². The van der Waals surface area contributed by atoms with Gasteiger partial charge in [-0.1, -0.05) is 19.7 Å². The number of ether oxygens (including phenoxy) is 3. The number of rotatable bonds is 12. The summed E-state index contributed by atoms with van der Waals surface area (Å²) in [6.07, 6.45) is 0. The average molecular weight is 489 g/mol. The number of benzene rings is 3. The fraction of sp³-hybridized carbons (Fsp3) is 0.200. The molecule has 0 heterocycles. The van der Waals surface area contributed by atoms with Gasteiger partial charge in [0.05, 0.1) is 0 Å². The Labute approximate surface area is 208 Å². The molecule has 0 unspecified atom stereocenters. The van der Waals surface area contributed by atoms with Gasteiger partial charge >= 0.3 is 0 Å². The van der Waals surface area contributed by atoms with Crippen molar-refractivity contribution in [1.82, 2.24) is 0 Å². The Morgan fingerprint density at radius 1 is 0.543 bits per heavy atom. The van der Waals surface area contributed by atoms with Crippen molar-refractivity contribution < 1.29 is 18.8 Å². The minimum absolute atomic E-state index is 0.439. The summed E-state index contributed by atoms with van der Waals surface area (Å²) in [5.41, 5.74) is 2.80. The Morgan fingerprint density at radius 3 is 0.971 bits per heavy atom. The van der Waals surface area contributed by atoms with Crippen LogP contribution < -0.4 is 30.1 Å². The molecule has 35 heavy (non-hydrogen) atoms. The number of hydrogen-bond donors (Lipinski definition) is 0. The molecule has 182 valence electrons. The fourth-order valence-electron chi connectivity index (χ4n) is 3.32. The SMILES string of the molecule is C=C(C)COc1ccc(P(=O)(c2ccc(OCC(=C)C)cc2)c2ccc(OCC(=C)C)cc2)cc1. The van der Waals surface area contributed by atoms with E-state index >= 15 is 0 Å². The molecule has 3 rings (SSSR count). The molecule has 0 spiro atoms. The van der Waals surface area contributed by atoms with Crippen LogP contribution in [0.2, 0.25) is 0 Å². The third kappa shape index (κ3) is 7.00. The molecule has 0 bridgehead atoms. The van der Waals surface area contributed by atoms with Crippen LogP contribution in [0.4, 0.5) is 0 Å². The summed E-state index contributed by atoms with van der Waals surface area (Å²) in [5, 5.41) is 2.14. The van der Waals surface area contributed by atoms with Crippen LogP contribution in [0.25, 0.3) is 0 Å². The minimum atomic E-state index is -3.17. The lowest BCUT2D eigenvalue weighted by molar-refractivity contribution is 0.353. The van der Waals surface area contributed by atoms with E-state index in [4.69, 9.17) is 14.2 Å². The maximum Gasteiger partial charge on any atom is 0.171 e. The zero-order valence-corrected chi connectivity index (χ0v) is 21.6. The van der Waals surface area contributed by atoms with Crippen LogP contribution in [0, 0.1) is 0 Å². The van der Waals surface area contributed by atoms with Crippen LogP contribution in [0.15, 0.2) is 109 Å². The monoisotopic (exact) mass is 488 g/mol. The van der Waals surface area contributed by atoms with Crippen LogP contribution in [0.3, 0.4) is 0 Å². The van der Waals surface area contributed by atoms with Gasteiger partial charge in [-0.3, -0.25) is 0 Å². The minimum Gasteiger partial charge on any atom is -0.489 e. The van der Waals surface area contributed by atoms with Crippen LogP contribution in [-0.2, 0) is 4.57 Å². The second-order valence-corrected chi connectivity index (χ2v) is 11.6. The van der Waals surface area contributed by atoms with E-state index in [1.54, 1.807) is 0 Å². The Bertz CT molecular complexity index is 1070. The molecule has 4 nitrogen and oxygen atoms in total. The van der Waals surface area contributed by atoms with Crippen molar-refractivity contribution in [3.05, 3.63) is 109 Å². The van der Waals surface area contributed by atoms with E-state index < -0.39 is 7.14 Å². The lowest BCUT2D eigenvalue weighted by Crippen LogP contribution is -2.25. The zero-order chi connectivity index (χ0) is 25.4. The molecule has 0 atom stereocenters. The van der Waals surface area contributed by atoms with Crippen molar-refractivity contribution in [1.29, 1.82) is 0 Å². The summed E-state index contributed by atoms with van der Waals surface area (Å²) < 4.78 is 32.0. The summed E-state index contributed by atoms with van der Waals surface area (Å²) in [6.45, 7) is 18.7. The molecule has 0 amide bonds. The summed E-state index contributed by atoms with van der Waals surface area (Å²) in [4.78, 5) is 0. The molecule has 0 aliphatic heterocycles. The molecule has 0 radical (unpaired) electrons. The molecule has 0 aromatic heterocycles. The Morgan fingerprint density at radius 2 is 0.771 bits per heavy atom. The molecular weight excluding hydrogens is 455 g/mol. The highest BCUT2D eigenvalue weighted by Gasteiger charge is 2.30. The fourth-order valence-corrected chi connectivity index (χ4v) is 5.92. The quantitative estimate of drug-likeness (QED) is 0.225. The summed E-state index contributed by atoms with van der Waals surface area (Å²) >= 11 is 0.